The van der Waals surface area contributed by atoms with Crippen LogP contribution in [0.5, 0.6) is 0 Å². The van der Waals surface area contributed by atoms with Gasteiger partial charge in [0.2, 0.25) is 0 Å². The Balaban J connectivity index is -0.000000296. The quantitative estimate of drug-likeness (QED) is 0.0558. The molecule has 0 bridgehead atoms. The molecule has 0 saturated carbocycles. The Labute approximate surface area is 405 Å². The molecule has 0 aliphatic carbocycles. The fourth-order valence-electron chi connectivity index (χ4n) is 3.32. The summed E-state index contributed by atoms with van der Waals surface area (Å²) in [5.41, 5.74) is 13.5. The minimum atomic E-state index is -0.750. The number of aryl methyl sites for hydroxylation is 4. The number of nitrogens with two attached hydrogens (primary N) is 1. The number of nitrogens with zero attached hydrogens (tertiary/aromatic N) is 4. The summed E-state index contributed by atoms with van der Waals surface area (Å²) in [6, 6.07) is 16.3. The molecule has 5 rings (SSSR count). The third kappa shape index (κ3) is 36.4. The molecule has 0 aromatic carbocycles. The van der Waals surface area contributed by atoms with E-state index in [9.17, 15) is 5.11 Å². The first kappa shape index (κ1) is 58.9. The van der Waals surface area contributed by atoms with Crippen molar-refractivity contribution in [3.05, 3.63) is 118 Å². The first-order valence-electron chi connectivity index (χ1n) is 17.3. The van der Waals surface area contributed by atoms with Crippen LogP contribution in [0, 0.1) is 33.1 Å². The molecule has 1 unspecified atom stereocenters. The Morgan fingerprint density at radius 3 is 1.49 bits per heavy atom. The standard InChI is InChI=1S/C9H12ClNS.C9H11NS.C8H11N3S.C7H8ClN.C4H9O.C3H7Cl.CH4.K.H2/c1-8-2-3-9(6-11-8)7-12-5-4-10;1-7-2-3-8(6-10-7)9-4-5-11-9;1-6-2-3-7(4-11-6)5-12-8(9)10;1-6-2-3-7(4-8)5-9-6;1-4(2,3)5;1-2-3-4;;;/h2-3,6H,4-5,7H2,1H3;2-3,6,9H,4-5H2,1H3;2-4H,5H2,1H3,(H3,9,10);2-3,5H,4H2,1H3;1-3H3;2-3H2,1H3;1H4;;1H/q;;;;-1;;;+1;. The van der Waals surface area contributed by atoms with Crippen LogP contribution >= 0.6 is 70.1 Å². The van der Waals surface area contributed by atoms with Crippen molar-refractivity contribution in [1.29, 1.82) is 5.41 Å². The molecular weight excluding hydrogens is 834 g/mol. The van der Waals surface area contributed by atoms with Gasteiger partial charge >= 0.3 is 51.4 Å². The van der Waals surface area contributed by atoms with E-state index in [1.165, 1.54) is 35.1 Å². The average Bonchev–Trinajstić information content (AvgIpc) is 3.10. The summed E-state index contributed by atoms with van der Waals surface area (Å²) in [7, 11) is 0. The van der Waals surface area contributed by atoms with E-state index >= 15 is 0 Å². The first-order valence-corrected chi connectivity index (χ1v) is 22.1. The molecule has 0 amide bonds. The SMILES string of the molecule is C.CC(C)(C)[O-].CCCCl.Cc1ccc(C2CCS2)cn1.Cc1ccc(CCl)cn1.Cc1ccc(CSC(=N)N)cn1.Cc1ccc(CSCCCl)cn1.[HH].[K+]. The summed E-state index contributed by atoms with van der Waals surface area (Å²) in [4.78, 5) is 16.7. The number of amidine groups is 1. The molecule has 5 heterocycles. The summed E-state index contributed by atoms with van der Waals surface area (Å²) in [6.07, 6.45) is 9.95. The van der Waals surface area contributed by atoms with Gasteiger partial charge in [0, 0.05) is 89.1 Å². The number of nitrogens with one attached hydrogen (secondary N) is 1. The van der Waals surface area contributed by atoms with Gasteiger partial charge in [-0.05, 0) is 92.8 Å². The zero-order valence-corrected chi connectivity index (χ0v) is 41.3. The monoisotopic (exact) mass is 896 g/mol. The second-order valence-electron chi connectivity index (χ2n) is 12.6. The molecule has 304 valence electrons. The van der Waals surface area contributed by atoms with Gasteiger partial charge in [-0.3, -0.25) is 25.3 Å². The van der Waals surface area contributed by atoms with Gasteiger partial charge in [-0.1, -0.05) is 71.1 Å². The second-order valence-corrected chi connectivity index (χ2v) is 17.1. The molecule has 55 heavy (non-hydrogen) atoms. The van der Waals surface area contributed by atoms with Crippen LogP contribution in [0.15, 0.2) is 73.3 Å². The van der Waals surface area contributed by atoms with Gasteiger partial charge in [0.1, 0.15) is 0 Å². The minimum Gasteiger partial charge on any atom is -0.850 e. The summed E-state index contributed by atoms with van der Waals surface area (Å²) in [5, 5.41) is 18.0. The molecule has 1 atom stereocenters. The Bertz CT molecular complexity index is 1480. The maximum atomic E-state index is 10.1. The van der Waals surface area contributed by atoms with Crippen LogP contribution in [0.4, 0.5) is 0 Å². The van der Waals surface area contributed by atoms with Crippen LogP contribution in [0.1, 0.15) is 99.7 Å². The number of pyridine rings is 4. The van der Waals surface area contributed by atoms with Crippen molar-refractivity contribution >= 4 is 75.3 Å². The minimum absolute atomic E-state index is 0. The molecule has 1 fully saturated rings. The summed E-state index contributed by atoms with van der Waals surface area (Å²) in [5.74, 6) is 6.13. The Morgan fingerprint density at radius 1 is 0.800 bits per heavy atom. The third-order valence-corrected chi connectivity index (χ3v) is 10.5. The van der Waals surface area contributed by atoms with Crippen molar-refractivity contribution in [3.8, 4) is 0 Å². The molecule has 1 aliphatic rings. The van der Waals surface area contributed by atoms with Crippen LogP contribution < -0.4 is 62.2 Å². The zero-order chi connectivity index (χ0) is 40.1. The van der Waals surface area contributed by atoms with Crippen molar-refractivity contribution in [1.82, 2.24) is 19.9 Å². The molecule has 7 nitrogen and oxygen atoms in total. The van der Waals surface area contributed by atoms with E-state index in [0.717, 1.165) is 74.6 Å². The van der Waals surface area contributed by atoms with E-state index in [-0.39, 0.29) is 65.4 Å². The van der Waals surface area contributed by atoms with E-state index in [1.54, 1.807) is 27.0 Å². The third-order valence-electron chi connectivity index (χ3n) is 6.15. The number of hydrogen-bond acceptors (Lipinski definition) is 9. The number of hydrogen-bond donors (Lipinski definition) is 2. The molecule has 4 aromatic heterocycles. The Hall–Kier alpha value is -0.414. The van der Waals surface area contributed by atoms with Crippen molar-refractivity contribution in [2.24, 2.45) is 5.73 Å². The van der Waals surface area contributed by atoms with Gasteiger partial charge in [-0.25, -0.2) is 0 Å². The maximum absolute atomic E-state index is 10.1. The van der Waals surface area contributed by atoms with E-state index in [2.05, 4.69) is 38.1 Å². The van der Waals surface area contributed by atoms with Crippen LogP contribution in [-0.4, -0.2) is 54.0 Å². The first-order chi connectivity index (χ1) is 25.1. The van der Waals surface area contributed by atoms with Gasteiger partial charge in [0.05, 0.1) is 0 Å². The number of alkyl halides is 3. The van der Waals surface area contributed by atoms with E-state index in [4.69, 9.17) is 45.9 Å². The van der Waals surface area contributed by atoms with Crippen LogP contribution in [0.3, 0.4) is 0 Å². The van der Waals surface area contributed by atoms with Gasteiger partial charge < -0.3 is 10.8 Å². The van der Waals surface area contributed by atoms with E-state index < -0.39 is 5.60 Å². The van der Waals surface area contributed by atoms with Crippen LogP contribution in [0.25, 0.3) is 0 Å². The van der Waals surface area contributed by atoms with Gasteiger partial charge in [-0.15, -0.1) is 40.4 Å². The molecule has 14 heteroatoms. The maximum Gasteiger partial charge on any atom is 1.00 e. The molecule has 0 radical (unpaired) electrons. The predicted molar refractivity (Wildman–Crippen MR) is 245 cm³/mol. The normalized spacial score (nSPS) is 12.1. The summed E-state index contributed by atoms with van der Waals surface area (Å²) in [6.45, 7) is 14.9. The van der Waals surface area contributed by atoms with Gasteiger partial charge in [0.25, 0.3) is 0 Å². The number of halogens is 3. The summed E-state index contributed by atoms with van der Waals surface area (Å²) < 4.78 is 0. The molecule has 0 spiro atoms. The fraction of sp³-hybridized carbons (Fsp3) is 0.488. The molecule has 1 aliphatic heterocycles. The van der Waals surface area contributed by atoms with Crippen LogP contribution in [-0.2, 0) is 17.4 Å². The molecule has 3 N–H and O–H groups in total. The van der Waals surface area contributed by atoms with Crippen molar-refractivity contribution in [2.45, 2.75) is 104 Å². The Morgan fingerprint density at radius 2 is 1.20 bits per heavy atom. The van der Waals surface area contributed by atoms with Crippen molar-refractivity contribution in [2.75, 3.05) is 23.3 Å². The van der Waals surface area contributed by atoms with E-state index in [1.807, 2.05) is 107 Å². The van der Waals surface area contributed by atoms with Gasteiger partial charge in [-0.2, -0.15) is 23.5 Å². The second kappa shape index (κ2) is 36.6. The van der Waals surface area contributed by atoms with E-state index in [0.29, 0.717) is 5.88 Å². The number of rotatable bonds is 9. The largest absolute Gasteiger partial charge is 1.00 e. The zero-order valence-electron chi connectivity index (χ0n) is 33.5. The average molecular weight is 899 g/mol. The molecular formula is C41H64Cl3KN6OS3. The molecule has 4 aromatic rings. The Kier molecular flexibility index (Phi) is 39.2. The van der Waals surface area contributed by atoms with Crippen molar-refractivity contribution in [3.63, 3.8) is 0 Å². The topological polar surface area (TPSA) is 124 Å². The van der Waals surface area contributed by atoms with Crippen molar-refractivity contribution < 1.29 is 57.9 Å². The van der Waals surface area contributed by atoms with Gasteiger partial charge in [0.15, 0.2) is 5.17 Å². The number of aromatic nitrogens is 4. The molecule has 1 saturated heterocycles. The summed E-state index contributed by atoms with van der Waals surface area (Å²) >= 11 is 21.5. The smallest absolute Gasteiger partial charge is 0.850 e. The predicted octanol–water partition coefficient (Wildman–Crippen LogP) is 8.74. The van der Waals surface area contributed by atoms with Crippen LogP contribution in [0.2, 0.25) is 0 Å². The fourth-order valence-corrected chi connectivity index (χ4v) is 5.76. The number of thioether (sulfide) groups is 3.